The Morgan fingerprint density at radius 3 is 2.75 bits per heavy atom. The lowest BCUT2D eigenvalue weighted by atomic mass is 10.1. The summed E-state index contributed by atoms with van der Waals surface area (Å²) in [6.45, 7) is 2.14. The van der Waals surface area contributed by atoms with Crippen molar-refractivity contribution in [3.63, 3.8) is 0 Å². The Hall–Kier alpha value is -1.62. The van der Waals surface area contributed by atoms with Crippen LogP contribution in [0.3, 0.4) is 0 Å². The maximum Gasteiger partial charge on any atom is 0.120 e. The zero-order valence-electron chi connectivity index (χ0n) is 11.7. The Labute approximate surface area is 119 Å². The average Bonchev–Trinajstić information content (AvgIpc) is 2.49. The van der Waals surface area contributed by atoms with Gasteiger partial charge in [0.05, 0.1) is 6.61 Å². The maximum atomic E-state index is 9.79. The lowest BCUT2D eigenvalue weighted by Gasteiger charge is -2.13. The molecule has 2 N–H and O–H groups in total. The highest BCUT2D eigenvalue weighted by molar-refractivity contribution is 5.83. The molecule has 108 valence electrons. The number of hydrogen-bond acceptors (Lipinski definition) is 4. The van der Waals surface area contributed by atoms with E-state index in [1.807, 2.05) is 36.4 Å². The van der Waals surface area contributed by atoms with Crippen molar-refractivity contribution in [1.29, 1.82) is 0 Å². The predicted molar refractivity (Wildman–Crippen MR) is 80.2 cm³/mol. The third-order valence-electron chi connectivity index (χ3n) is 3.03. The maximum absolute atomic E-state index is 9.79. The first-order valence-electron chi connectivity index (χ1n) is 6.79. The second-order valence-electron chi connectivity index (χ2n) is 4.67. The summed E-state index contributed by atoms with van der Waals surface area (Å²) in [5, 5.41) is 15.2. The Kier molecular flexibility index (Phi) is 5.80. The van der Waals surface area contributed by atoms with E-state index in [9.17, 15) is 5.11 Å². The average molecular weight is 275 g/mol. The second kappa shape index (κ2) is 7.85. The molecule has 0 fully saturated rings. The van der Waals surface area contributed by atoms with Gasteiger partial charge in [-0.2, -0.15) is 0 Å². The van der Waals surface area contributed by atoms with Gasteiger partial charge in [-0.05, 0) is 22.9 Å². The van der Waals surface area contributed by atoms with E-state index in [0.717, 1.165) is 17.7 Å². The summed E-state index contributed by atoms with van der Waals surface area (Å²) in [7, 11) is 1.65. The van der Waals surface area contributed by atoms with Crippen molar-refractivity contribution in [2.24, 2.45) is 0 Å². The standard InChI is InChI=1S/C16H21NO3/c1-19-9-8-17-11-15(18)12-20-16-7-6-13-4-2-3-5-14(13)10-16/h2-7,10,15,17-18H,8-9,11-12H2,1H3. The van der Waals surface area contributed by atoms with Crippen LogP contribution in [-0.2, 0) is 4.74 Å². The molecule has 1 atom stereocenters. The summed E-state index contributed by atoms with van der Waals surface area (Å²) in [6.07, 6.45) is -0.529. The molecule has 0 aliphatic rings. The molecule has 0 aliphatic heterocycles. The molecule has 0 aromatic heterocycles. The minimum Gasteiger partial charge on any atom is -0.491 e. The molecule has 2 aromatic carbocycles. The van der Waals surface area contributed by atoms with Crippen molar-refractivity contribution < 1.29 is 14.6 Å². The van der Waals surface area contributed by atoms with Gasteiger partial charge in [-0.1, -0.05) is 30.3 Å². The first-order valence-corrected chi connectivity index (χ1v) is 6.79. The fraction of sp³-hybridized carbons (Fsp3) is 0.375. The van der Waals surface area contributed by atoms with Crippen LogP contribution in [0.2, 0.25) is 0 Å². The summed E-state index contributed by atoms with van der Waals surface area (Å²) in [6, 6.07) is 14.1. The van der Waals surface area contributed by atoms with Crippen molar-refractivity contribution in [2.75, 3.05) is 33.4 Å². The van der Waals surface area contributed by atoms with E-state index in [2.05, 4.69) is 11.4 Å². The normalized spacial score (nSPS) is 12.5. The topological polar surface area (TPSA) is 50.7 Å². The van der Waals surface area contributed by atoms with E-state index in [0.29, 0.717) is 13.2 Å². The number of nitrogens with one attached hydrogen (secondary N) is 1. The van der Waals surface area contributed by atoms with Gasteiger partial charge in [0, 0.05) is 20.2 Å². The van der Waals surface area contributed by atoms with Crippen LogP contribution in [0.4, 0.5) is 0 Å². The summed E-state index contributed by atoms with van der Waals surface area (Å²) < 4.78 is 10.5. The molecule has 1 unspecified atom stereocenters. The highest BCUT2D eigenvalue weighted by atomic mass is 16.5. The third kappa shape index (κ3) is 4.49. The fourth-order valence-electron chi connectivity index (χ4n) is 1.95. The molecular weight excluding hydrogens is 254 g/mol. The van der Waals surface area contributed by atoms with Gasteiger partial charge < -0.3 is 19.9 Å². The van der Waals surface area contributed by atoms with Gasteiger partial charge >= 0.3 is 0 Å². The highest BCUT2D eigenvalue weighted by Gasteiger charge is 2.05. The molecule has 0 spiro atoms. The van der Waals surface area contributed by atoms with Gasteiger partial charge in [-0.3, -0.25) is 0 Å². The van der Waals surface area contributed by atoms with Crippen molar-refractivity contribution in [3.05, 3.63) is 42.5 Å². The molecule has 0 saturated carbocycles. The van der Waals surface area contributed by atoms with Crippen molar-refractivity contribution >= 4 is 10.8 Å². The minimum atomic E-state index is -0.529. The van der Waals surface area contributed by atoms with Crippen molar-refractivity contribution in [3.8, 4) is 5.75 Å². The monoisotopic (exact) mass is 275 g/mol. The molecular formula is C16H21NO3. The van der Waals surface area contributed by atoms with Crippen LogP contribution in [0.15, 0.2) is 42.5 Å². The summed E-state index contributed by atoms with van der Waals surface area (Å²) in [5.41, 5.74) is 0. The SMILES string of the molecule is COCCNCC(O)COc1ccc2ccccc2c1. The number of hydrogen-bond donors (Lipinski definition) is 2. The second-order valence-corrected chi connectivity index (χ2v) is 4.67. The Balaban J connectivity index is 1.80. The number of fused-ring (bicyclic) bond motifs is 1. The fourth-order valence-corrected chi connectivity index (χ4v) is 1.95. The van der Waals surface area contributed by atoms with Crippen LogP contribution in [0.25, 0.3) is 10.8 Å². The first-order chi connectivity index (χ1) is 9.79. The number of aliphatic hydroxyl groups excluding tert-OH is 1. The van der Waals surface area contributed by atoms with Crippen molar-refractivity contribution in [2.45, 2.75) is 6.10 Å². The zero-order valence-corrected chi connectivity index (χ0v) is 11.7. The van der Waals surface area contributed by atoms with E-state index in [1.54, 1.807) is 7.11 Å². The molecule has 2 aromatic rings. The lowest BCUT2D eigenvalue weighted by Crippen LogP contribution is -2.33. The molecule has 4 heteroatoms. The van der Waals surface area contributed by atoms with Gasteiger partial charge in [-0.25, -0.2) is 0 Å². The Morgan fingerprint density at radius 2 is 1.95 bits per heavy atom. The minimum absolute atomic E-state index is 0.276. The van der Waals surface area contributed by atoms with E-state index in [4.69, 9.17) is 9.47 Å². The van der Waals surface area contributed by atoms with E-state index in [1.165, 1.54) is 5.39 Å². The number of benzene rings is 2. The quantitative estimate of drug-likeness (QED) is 0.722. The van der Waals surface area contributed by atoms with Crippen LogP contribution < -0.4 is 10.1 Å². The number of methoxy groups -OCH3 is 1. The van der Waals surface area contributed by atoms with Gasteiger partial charge in [0.2, 0.25) is 0 Å². The summed E-state index contributed by atoms with van der Waals surface area (Å²) >= 11 is 0. The molecule has 0 heterocycles. The molecule has 0 amide bonds. The third-order valence-corrected chi connectivity index (χ3v) is 3.03. The van der Waals surface area contributed by atoms with Gasteiger partial charge in [0.1, 0.15) is 18.5 Å². The van der Waals surface area contributed by atoms with Crippen LogP contribution in [0.1, 0.15) is 0 Å². The molecule has 2 rings (SSSR count). The molecule has 20 heavy (non-hydrogen) atoms. The van der Waals surface area contributed by atoms with Crippen LogP contribution in [0, 0.1) is 0 Å². The van der Waals surface area contributed by atoms with Crippen LogP contribution in [-0.4, -0.2) is 44.6 Å². The smallest absolute Gasteiger partial charge is 0.120 e. The number of rotatable bonds is 8. The molecule has 0 radical (unpaired) electrons. The Bertz CT molecular complexity index is 530. The largest absolute Gasteiger partial charge is 0.491 e. The molecule has 4 nitrogen and oxygen atoms in total. The molecule has 0 aliphatic carbocycles. The zero-order chi connectivity index (χ0) is 14.2. The highest BCUT2D eigenvalue weighted by Crippen LogP contribution is 2.20. The van der Waals surface area contributed by atoms with E-state index in [-0.39, 0.29) is 6.61 Å². The summed E-state index contributed by atoms with van der Waals surface area (Å²) in [5.74, 6) is 0.777. The van der Waals surface area contributed by atoms with Gasteiger partial charge in [0.15, 0.2) is 0 Å². The van der Waals surface area contributed by atoms with Crippen LogP contribution in [0.5, 0.6) is 5.75 Å². The van der Waals surface area contributed by atoms with Gasteiger partial charge in [0.25, 0.3) is 0 Å². The van der Waals surface area contributed by atoms with Crippen molar-refractivity contribution in [1.82, 2.24) is 5.32 Å². The first kappa shape index (κ1) is 14.8. The van der Waals surface area contributed by atoms with Gasteiger partial charge in [-0.15, -0.1) is 0 Å². The van der Waals surface area contributed by atoms with E-state index < -0.39 is 6.10 Å². The van der Waals surface area contributed by atoms with E-state index >= 15 is 0 Å². The summed E-state index contributed by atoms with van der Waals surface area (Å²) in [4.78, 5) is 0. The predicted octanol–water partition coefficient (Wildman–Crippen LogP) is 1.82. The number of aliphatic hydroxyl groups is 1. The Morgan fingerprint density at radius 1 is 1.15 bits per heavy atom. The number of ether oxygens (including phenoxy) is 2. The van der Waals surface area contributed by atoms with Crippen LogP contribution >= 0.6 is 0 Å². The molecule has 0 bridgehead atoms. The molecule has 0 saturated heterocycles. The lowest BCUT2D eigenvalue weighted by molar-refractivity contribution is 0.103.